The largest absolute Gasteiger partial charge is 0.349 e. The molecule has 0 saturated heterocycles. The summed E-state index contributed by atoms with van der Waals surface area (Å²) in [6, 6.07) is 12.1. The molecular formula is C18H16FN5O. The van der Waals surface area contributed by atoms with Gasteiger partial charge in [0.15, 0.2) is 0 Å². The SMILES string of the molecule is O=C(Cc1ccc(-n2cnnn2)cc1)NC1CCc2ccc(F)cc21. The molecule has 1 amide bonds. The average molecular weight is 337 g/mol. The molecule has 3 aromatic rings. The highest BCUT2D eigenvalue weighted by atomic mass is 19.1. The maximum Gasteiger partial charge on any atom is 0.224 e. The number of benzene rings is 2. The minimum absolute atomic E-state index is 0.0720. The normalized spacial score (nSPS) is 15.8. The van der Waals surface area contributed by atoms with Gasteiger partial charge in [0, 0.05) is 0 Å². The fourth-order valence-electron chi connectivity index (χ4n) is 3.20. The summed E-state index contributed by atoms with van der Waals surface area (Å²) in [4.78, 5) is 12.3. The molecule has 25 heavy (non-hydrogen) atoms. The molecular weight excluding hydrogens is 321 g/mol. The molecule has 0 radical (unpaired) electrons. The Morgan fingerprint density at radius 2 is 2.08 bits per heavy atom. The summed E-state index contributed by atoms with van der Waals surface area (Å²) in [5, 5.41) is 14.0. The lowest BCUT2D eigenvalue weighted by atomic mass is 10.1. The van der Waals surface area contributed by atoms with Gasteiger partial charge in [0.1, 0.15) is 12.1 Å². The molecule has 0 saturated carbocycles. The zero-order valence-electron chi connectivity index (χ0n) is 13.4. The van der Waals surface area contributed by atoms with Gasteiger partial charge in [-0.05, 0) is 64.2 Å². The molecule has 7 heteroatoms. The molecule has 6 nitrogen and oxygen atoms in total. The van der Waals surface area contributed by atoms with Crippen LogP contribution in [0, 0.1) is 5.82 Å². The number of nitrogens with one attached hydrogen (secondary N) is 1. The standard InChI is InChI=1S/C18H16FN5O/c19-14-5-3-13-4-8-17(16(13)10-14)21-18(25)9-12-1-6-15(7-2-12)24-11-20-22-23-24/h1-3,5-7,10-11,17H,4,8-9H2,(H,21,25). The van der Waals surface area contributed by atoms with Crippen LogP contribution in [0.4, 0.5) is 4.39 Å². The summed E-state index contributed by atoms with van der Waals surface area (Å²) >= 11 is 0. The Labute approximate surface area is 143 Å². The quantitative estimate of drug-likeness (QED) is 0.792. The second-order valence-electron chi connectivity index (χ2n) is 6.10. The van der Waals surface area contributed by atoms with Gasteiger partial charge >= 0.3 is 0 Å². The van der Waals surface area contributed by atoms with E-state index in [0.717, 1.165) is 35.2 Å². The van der Waals surface area contributed by atoms with Crippen molar-refractivity contribution >= 4 is 5.91 Å². The Morgan fingerprint density at radius 1 is 1.24 bits per heavy atom. The van der Waals surface area contributed by atoms with Gasteiger partial charge < -0.3 is 5.32 Å². The number of aryl methyl sites for hydroxylation is 1. The predicted octanol–water partition coefficient (Wildman–Crippen LogP) is 2.15. The third-order valence-electron chi connectivity index (χ3n) is 4.44. The van der Waals surface area contributed by atoms with Gasteiger partial charge in [0.2, 0.25) is 5.91 Å². The lowest BCUT2D eigenvalue weighted by Crippen LogP contribution is -2.28. The summed E-state index contributed by atoms with van der Waals surface area (Å²) in [5.74, 6) is -0.338. The first-order valence-corrected chi connectivity index (χ1v) is 8.09. The van der Waals surface area contributed by atoms with Crippen LogP contribution in [-0.4, -0.2) is 26.1 Å². The van der Waals surface area contributed by atoms with E-state index in [-0.39, 0.29) is 24.2 Å². The van der Waals surface area contributed by atoms with E-state index in [1.165, 1.54) is 18.5 Å². The van der Waals surface area contributed by atoms with Crippen molar-refractivity contribution in [1.82, 2.24) is 25.5 Å². The van der Waals surface area contributed by atoms with Crippen LogP contribution >= 0.6 is 0 Å². The zero-order valence-corrected chi connectivity index (χ0v) is 13.4. The monoisotopic (exact) mass is 337 g/mol. The van der Waals surface area contributed by atoms with Crippen molar-refractivity contribution in [2.24, 2.45) is 0 Å². The number of tetrazole rings is 1. The number of fused-ring (bicyclic) bond motifs is 1. The number of nitrogens with zero attached hydrogens (tertiary/aromatic N) is 4. The third-order valence-corrected chi connectivity index (χ3v) is 4.44. The molecule has 1 N–H and O–H groups in total. The van der Waals surface area contributed by atoms with E-state index < -0.39 is 0 Å². The average Bonchev–Trinajstić information content (AvgIpc) is 3.26. The number of carbonyl (C=O) groups excluding carboxylic acids is 1. The first-order valence-electron chi connectivity index (χ1n) is 8.09. The molecule has 2 aromatic carbocycles. The molecule has 1 aliphatic rings. The van der Waals surface area contributed by atoms with Crippen LogP contribution in [0.15, 0.2) is 48.8 Å². The van der Waals surface area contributed by atoms with Crippen LogP contribution in [0.25, 0.3) is 5.69 Å². The minimum Gasteiger partial charge on any atom is -0.349 e. The van der Waals surface area contributed by atoms with E-state index in [9.17, 15) is 9.18 Å². The Bertz CT molecular complexity index is 892. The van der Waals surface area contributed by atoms with Crippen molar-refractivity contribution < 1.29 is 9.18 Å². The number of rotatable bonds is 4. The second kappa shape index (κ2) is 6.43. The van der Waals surface area contributed by atoms with Crippen molar-refractivity contribution in [3.8, 4) is 5.69 Å². The summed E-state index contributed by atoms with van der Waals surface area (Å²) in [6.45, 7) is 0. The lowest BCUT2D eigenvalue weighted by Gasteiger charge is -2.14. The molecule has 4 rings (SSSR count). The highest BCUT2D eigenvalue weighted by molar-refractivity contribution is 5.79. The Hall–Kier alpha value is -3.09. The topological polar surface area (TPSA) is 72.7 Å². The van der Waals surface area contributed by atoms with Crippen molar-refractivity contribution in [2.75, 3.05) is 0 Å². The van der Waals surface area contributed by atoms with Crippen molar-refractivity contribution in [3.63, 3.8) is 0 Å². The Morgan fingerprint density at radius 3 is 2.84 bits per heavy atom. The fourth-order valence-corrected chi connectivity index (χ4v) is 3.20. The van der Waals surface area contributed by atoms with E-state index >= 15 is 0 Å². The molecule has 1 unspecified atom stereocenters. The summed E-state index contributed by atoms with van der Waals surface area (Å²) in [7, 11) is 0. The van der Waals surface area contributed by atoms with E-state index in [1.807, 2.05) is 24.3 Å². The molecule has 0 bridgehead atoms. The molecule has 1 aliphatic carbocycles. The first kappa shape index (κ1) is 15.4. The zero-order chi connectivity index (χ0) is 17.2. The third kappa shape index (κ3) is 3.26. The van der Waals surface area contributed by atoms with Gasteiger partial charge in [-0.3, -0.25) is 4.79 Å². The van der Waals surface area contributed by atoms with Crippen molar-refractivity contribution in [2.45, 2.75) is 25.3 Å². The van der Waals surface area contributed by atoms with Gasteiger partial charge in [0.05, 0.1) is 18.2 Å². The molecule has 0 fully saturated rings. The minimum atomic E-state index is -0.266. The Kier molecular flexibility index (Phi) is 3.97. The number of aromatic nitrogens is 4. The van der Waals surface area contributed by atoms with Gasteiger partial charge in [-0.25, -0.2) is 9.07 Å². The van der Waals surface area contributed by atoms with Crippen LogP contribution in [0.5, 0.6) is 0 Å². The number of hydrogen-bond acceptors (Lipinski definition) is 4. The van der Waals surface area contributed by atoms with Gasteiger partial charge in [-0.15, -0.1) is 5.10 Å². The summed E-state index contributed by atoms with van der Waals surface area (Å²) < 4.78 is 15.0. The van der Waals surface area contributed by atoms with E-state index in [0.29, 0.717) is 0 Å². The smallest absolute Gasteiger partial charge is 0.224 e. The van der Waals surface area contributed by atoms with Crippen LogP contribution < -0.4 is 5.32 Å². The van der Waals surface area contributed by atoms with E-state index in [2.05, 4.69) is 20.8 Å². The highest BCUT2D eigenvalue weighted by Crippen LogP contribution is 2.31. The molecule has 1 aromatic heterocycles. The van der Waals surface area contributed by atoms with Crippen molar-refractivity contribution in [1.29, 1.82) is 0 Å². The van der Waals surface area contributed by atoms with E-state index in [4.69, 9.17) is 0 Å². The maximum atomic E-state index is 13.4. The number of amides is 1. The highest BCUT2D eigenvalue weighted by Gasteiger charge is 2.24. The lowest BCUT2D eigenvalue weighted by molar-refractivity contribution is -0.121. The maximum absolute atomic E-state index is 13.4. The van der Waals surface area contributed by atoms with Gasteiger partial charge in [-0.2, -0.15) is 0 Å². The molecule has 1 heterocycles. The van der Waals surface area contributed by atoms with Crippen LogP contribution in [0.2, 0.25) is 0 Å². The molecule has 0 aliphatic heterocycles. The van der Waals surface area contributed by atoms with Crippen molar-refractivity contribution in [3.05, 3.63) is 71.3 Å². The molecule has 126 valence electrons. The van der Waals surface area contributed by atoms with Gasteiger partial charge in [-0.1, -0.05) is 18.2 Å². The number of halogens is 1. The first-order chi connectivity index (χ1) is 12.2. The molecule has 0 spiro atoms. The van der Waals surface area contributed by atoms with Gasteiger partial charge in [0.25, 0.3) is 0 Å². The predicted molar refractivity (Wildman–Crippen MR) is 88.5 cm³/mol. The number of hydrogen-bond donors (Lipinski definition) is 1. The Balaban J connectivity index is 1.41. The number of carbonyl (C=O) groups is 1. The van der Waals surface area contributed by atoms with Crippen LogP contribution in [-0.2, 0) is 17.6 Å². The van der Waals surface area contributed by atoms with Crippen LogP contribution in [0.1, 0.15) is 29.2 Å². The van der Waals surface area contributed by atoms with Crippen LogP contribution in [0.3, 0.4) is 0 Å². The summed E-state index contributed by atoms with van der Waals surface area (Å²) in [6.07, 6.45) is 3.46. The summed E-state index contributed by atoms with van der Waals surface area (Å²) in [5.41, 5.74) is 3.72. The van der Waals surface area contributed by atoms with E-state index in [1.54, 1.807) is 10.7 Å². The second-order valence-corrected chi connectivity index (χ2v) is 6.10. The fraction of sp³-hybridized carbons (Fsp3) is 0.222. The molecule has 1 atom stereocenters.